The van der Waals surface area contributed by atoms with Crippen molar-refractivity contribution in [2.45, 2.75) is 25.9 Å². The molecule has 2 aromatic heterocycles. The van der Waals surface area contributed by atoms with Gasteiger partial charge < -0.3 is 15.6 Å². The molecule has 164 valence electrons. The second-order valence-electron chi connectivity index (χ2n) is 7.44. The summed E-state index contributed by atoms with van der Waals surface area (Å²) in [5.74, 6) is -0.0920. The quantitative estimate of drug-likeness (QED) is 0.360. The zero-order valence-corrected chi connectivity index (χ0v) is 17.3. The fourth-order valence-corrected chi connectivity index (χ4v) is 3.63. The molecule has 1 unspecified atom stereocenters. The average Bonchev–Trinajstić information content (AvgIpc) is 3.24. The van der Waals surface area contributed by atoms with E-state index in [1.165, 1.54) is 25.4 Å². The van der Waals surface area contributed by atoms with E-state index in [4.69, 9.17) is 0 Å². The van der Waals surface area contributed by atoms with Gasteiger partial charge in [0.15, 0.2) is 0 Å². The number of rotatable bonds is 4. The lowest BCUT2D eigenvalue weighted by molar-refractivity contribution is -0.138. The molecule has 0 aliphatic heterocycles. The number of fused-ring (bicyclic) bond motifs is 1. The second kappa shape index (κ2) is 8.33. The number of alkyl halides is 3. The molecule has 4 rings (SSSR count). The summed E-state index contributed by atoms with van der Waals surface area (Å²) in [6, 6.07) is 10.5. The van der Waals surface area contributed by atoms with Crippen molar-refractivity contribution >= 4 is 28.4 Å². The lowest BCUT2D eigenvalue weighted by Crippen LogP contribution is -2.21. The van der Waals surface area contributed by atoms with Gasteiger partial charge in [-0.25, -0.2) is 9.78 Å². The Morgan fingerprint density at radius 1 is 1.06 bits per heavy atom. The summed E-state index contributed by atoms with van der Waals surface area (Å²) in [5, 5.41) is 5.28. The van der Waals surface area contributed by atoms with Crippen LogP contribution in [0, 0.1) is 6.92 Å². The van der Waals surface area contributed by atoms with E-state index >= 15 is 0 Å². The van der Waals surface area contributed by atoms with E-state index < -0.39 is 17.8 Å². The molecule has 2 amide bonds. The molecule has 0 radical (unpaired) electrons. The Balaban J connectivity index is 1.65. The van der Waals surface area contributed by atoms with Gasteiger partial charge >= 0.3 is 12.2 Å². The number of hydrogen-bond acceptors (Lipinski definition) is 3. The van der Waals surface area contributed by atoms with E-state index in [1.807, 2.05) is 31.2 Å². The van der Waals surface area contributed by atoms with Crippen molar-refractivity contribution in [2.24, 2.45) is 0 Å². The van der Waals surface area contributed by atoms with Crippen molar-refractivity contribution in [1.29, 1.82) is 0 Å². The van der Waals surface area contributed by atoms with Crippen LogP contribution in [-0.2, 0) is 6.18 Å². The first-order valence-corrected chi connectivity index (χ1v) is 9.86. The SMILES string of the molecule is Cc1ccc(NC(=O)Nc2c(C(C)c3ccncc3)ccc3[nH]cnc23)cc1C(F)(F)F. The summed E-state index contributed by atoms with van der Waals surface area (Å²) in [6.07, 6.45) is 0.388. The van der Waals surface area contributed by atoms with Gasteiger partial charge in [-0.15, -0.1) is 0 Å². The average molecular weight is 439 g/mol. The number of H-pyrrole nitrogens is 1. The molecule has 2 heterocycles. The third-order valence-electron chi connectivity index (χ3n) is 5.34. The molecule has 0 fully saturated rings. The fraction of sp³-hybridized carbons (Fsp3) is 0.174. The topological polar surface area (TPSA) is 82.7 Å². The van der Waals surface area contributed by atoms with E-state index in [-0.39, 0.29) is 17.2 Å². The molecule has 9 heteroatoms. The lowest BCUT2D eigenvalue weighted by Gasteiger charge is -2.19. The van der Waals surface area contributed by atoms with Crippen LogP contribution in [0.3, 0.4) is 0 Å². The molecule has 4 aromatic rings. The number of nitrogens with one attached hydrogen (secondary N) is 3. The maximum Gasteiger partial charge on any atom is 0.416 e. The van der Waals surface area contributed by atoms with Gasteiger partial charge in [-0.1, -0.05) is 19.1 Å². The van der Waals surface area contributed by atoms with E-state index in [0.717, 1.165) is 22.7 Å². The van der Waals surface area contributed by atoms with E-state index in [9.17, 15) is 18.0 Å². The first kappa shape index (κ1) is 21.4. The van der Waals surface area contributed by atoms with Gasteiger partial charge in [-0.3, -0.25) is 4.98 Å². The second-order valence-corrected chi connectivity index (χ2v) is 7.44. The maximum absolute atomic E-state index is 13.2. The summed E-state index contributed by atoms with van der Waals surface area (Å²) in [4.78, 5) is 24.1. The van der Waals surface area contributed by atoms with Crippen LogP contribution in [0.1, 0.15) is 35.1 Å². The third kappa shape index (κ3) is 4.27. The summed E-state index contributed by atoms with van der Waals surface area (Å²) in [5.41, 5.74) is 2.89. The number of carbonyl (C=O) groups excluding carboxylic acids is 1. The van der Waals surface area contributed by atoms with Gasteiger partial charge in [-0.05, 0) is 53.9 Å². The minimum absolute atomic E-state index is 0.0401. The molecule has 0 aliphatic carbocycles. The molecule has 0 aliphatic rings. The number of imidazole rings is 1. The highest BCUT2D eigenvalue weighted by atomic mass is 19.4. The number of nitrogens with zero attached hydrogens (tertiary/aromatic N) is 2. The smallest absolute Gasteiger partial charge is 0.345 e. The van der Waals surface area contributed by atoms with Crippen molar-refractivity contribution < 1.29 is 18.0 Å². The molecular weight excluding hydrogens is 419 g/mol. The molecule has 0 saturated heterocycles. The molecule has 1 atom stereocenters. The Morgan fingerprint density at radius 3 is 2.53 bits per heavy atom. The molecule has 0 spiro atoms. The summed E-state index contributed by atoms with van der Waals surface area (Å²) < 4.78 is 39.6. The Labute approximate surface area is 181 Å². The number of pyridine rings is 1. The molecule has 0 bridgehead atoms. The Kier molecular flexibility index (Phi) is 5.56. The monoisotopic (exact) mass is 439 g/mol. The predicted octanol–water partition coefficient (Wildman–Crippen LogP) is 6.08. The minimum atomic E-state index is -4.51. The van der Waals surface area contributed by atoms with Gasteiger partial charge in [0.1, 0.15) is 5.52 Å². The minimum Gasteiger partial charge on any atom is -0.345 e. The van der Waals surface area contributed by atoms with Crippen molar-refractivity contribution in [1.82, 2.24) is 15.0 Å². The maximum atomic E-state index is 13.2. The molecule has 3 N–H and O–H groups in total. The van der Waals surface area contributed by atoms with Crippen LogP contribution in [0.5, 0.6) is 0 Å². The number of aromatic nitrogens is 3. The van der Waals surface area contributed by atoms with Crippen molar-refractivity contribution in [3.63, 3.8) is 0 Å². The normalized spacial score (nSPS) is 12.5. The summed E-state index contributed by atoms with van der Waals surface area (Å²) in [7, 11) is 0. The van der Waals surface area contributed by atoms with Crippen molar-refractivity contribution in [2.75, 3.05) is 10.6 Å². The van der Waals surface area contributed by atoms with Gasteiger partial charge in [0.2, 0.25) is 0 Å². The van der Waals surface area contributed by atoms with Gasteiger partial charge in [0.25, 0.3) is 0 Å². The van der Waals surface area contributed by atoms with E-state index in [2.05, 4.69) is 25.6 Å². The van der Waals surface area contributed by atoms with E-state index in [0.29, 0.717) is 11.2 Å². The Bertz CT molecular complexity index is 1270. The molecule has 2 aromatic carbocycles. The number of halogens is 3. The van der Waals surface area contributed by atoms with Crippen LogP contribution in [0.4, 0.5) is 29.3 Å². The summed E-state index contributed by atoms with van der Waals surface area (Å²) >= 11 is 0. The Hall–Kier alpha value is -3.88. The first-order valence-electron chi connectivity index (χ1n) is 9.86. The van der Waals surface area contributed by atoms with Crippen LogP contribution in [0.15, 0.2) is 61.2 Å². The van der Waals surface area contributed by atoms with Crippen LogP contribution in [-0.4, -0.2) is 21.0 Å². The van der Waals surface area contributed by atoms with Gasteiger partial charge in [-0.2, -0.15) is 13.2 Å². The number of benzene rings is 2. The highest BCUT2D eigenvalue weighted by Crippen LogP contribution is 2.35. The highest BCUT2D eigenvalue weighted by Gasteiger charge is 2.32. The molecule has 6 nitrogen and oxygen atoms in total. The fourth-order valence-electron chi connectivity index (χ4n) is 3.63. The highest BCUT2D eigenvalue weighted by molar-refractivity contribution is 6.05. The third-order valence-corrected chi connectivity index (χ3v) is 5.34. The van der Waals surface area contributed by atoms with Crippen LogP contribution < -0.4 is 10.6 Å². The van der Waals surface area contributed by atoms with Crippen molar-refractivity contribution in [3.05, 3.63) is 83.4 Å². The van der Waals surface area contributed by atoms with E-state index in [1.54, 1.807) is 12.4 Å². The lowest BCUT2D eigenvalue weighted by atomic mass is 9.92. The van der Waals surface area contributed by atoms with Crippen LogP contribution in [0.2, 0.25) is 0 Å². The van der Waals surface area contributed by atoms with Crippen LogP contribution in [0.25, 0.3) is 11.0 Å². The number of aryl methyl sites for hydroxylation is 1. The van der Waals surface area contributed by atoms with Gasteiger partial charge in [0, 0.05) is 24.0 Å². The standard InChI is InChI=1S/C23H20F3N5O/c1-13-3-4-16(11-18(13)23(24,25)26)30-22(32)31-20-17(5-6-19-21(20)29-12-28-19)14(2)15-7-9-27-10-8-15/h3-12,14H,1-2H3,(H,28,29)(H2,30,31,32). The zero-order chi connectivity index (χ0) is 22.9. The summed E-state index contributed by atoms with van der Waals surface area (Å²) in [6.45, 7) is 3.36. The first-order chi connectivity index (χ1) is 15.2. The molecular formula is C23H20F3N5O. The number of amides is 2. The number of urea groups is 1. The number of carbonyl (C=O) groups is 1. The number of anilines is 2. The van der Waals surface area contributed by atoms with Crippen LogP contribution >= 0.6 is 0 Å². The largest absolute Gasteiger partial charge is 0.416 e. The molecule has 0 saturated carbocycles. The predicted molar refractivity (Wildman–Crippen MR) is 117 cm³/mol. The zero-order valence-electron chi connectivity index (χ0n) is 17.3. The van der Waals surface area contributed by atoms with Gasteiger partial charge in [0.05, 0.1) is 23.1 Å². The Morgan fingerprint density at radius 2 is 1.81 bits per heavy atom. The number of aromatic amines is 1. The number of hydrogen-bond donors (Lipinski definition) is 3. The molecule has 32 heavy (non-hydrogen) atoms. The van der Waals surface area contributed by atoms with Crippen molar-refractivity contribution in [3.8, 4) is 0 Å².